The SMILES string of the molecule is CCCN(COC1OC2O[C@@]3(C)CCC4[C@H](C)CC[C@@](C)(C1C)[C@@]24OO3)C(=O)OC1OC(CO)[C@@H](O)C(O)[C@H]1O. The average Bonchev–Trinajstić information content (AvgIpc) is 3.17. The van der Waals surface area contributed by atoms with Crippen LogP contribution in [0.25, 0.3) is 0 Å². The van der Waals surface area contributed by atoms with Crippen molar-refractivity contribution in [1.82, 2.24) is 4.90 Å². The number of hydrogen-bond acceptors (Lipinski definition) is 12. The van der Waals surface area contributed by atoms with Crippen LogP contribution in [0.2, 0.25) is 0 Å². The number of nitrogens with zero attached hydrogens (tertiary/aromatic N) is 1. The van der Waals surface area contributed by atoms with Crippen LogP contribution in [-0.2, 0) is 33.5 Å². The van der Waals surface area contributed by atoms with Gasteiger partial charge in [0, 0.05) is 24.3 Å². The summed E-state index contributed by atoms with van der Waals surface area (Å²) in [5, 5.41) is 39.8. The summed E-state index contributed by atoms with van der Waals surface area (Å²) in [6.07, 6.45) is -5.90. The molecule has 0 aromatic heterocycles. The lowest BCUT2D eigenvalue weighted by molar-refractivity contribution is -0.588. The molecule has 1 spiro atoms. The predicted octanol–water partition coefficient (Wildman–Crippen LogP) is 1.21. The van der Waals surface area contributed by atoms with E-state index in [9.17, 15) is 25.2 Å². The van der Waals surface area contributed by atoms with Gasteiger partial charge in [0.1, 0.15) is 31.1 Å². The van der Waals surface area contributed by atoms with Crippen LogP contribution in [-0.4, -0.2) is 106 Å². The standard InChI is InChI=1S/C27H45NO12/c1-6-11-28(24(33)37-22-20(32)19(31)18(30)17(12-29)35-22)13-34-21-15(3)25(4)9-7-14(2)16-8-10-26(5)38-23(36-21)27(16,25)40-39-26/h14-23,29-32H,6-13H2,1-5H3/t14-,15?,16?,17?,18-,19?,20-,21?,22?,23?,25+,26-,27+/m1/s1. The molecule has 0 aromatic carbocycles. The third kappa shape index (κ3) is 4.76. The second kappa shape index (κ2) is 11.2. The molecule has 5 aliphatic heterocycles. The number of hydrogen-bond donors (Lipinski definition) is 4. The van der Waals surface area contributed by atoms with Gasteiger partial charge in [-0.25, -0.2) is 14.6 Å². The molecule has 2 bridgehead atoms. The second-order valence-electron chi connectivity index (χ2n) is 12.6. The fourth-order valence-electron chi connectivity index (χ4n) is 7.34. The van der Waals surface area contributed by atoms with Gasteiger partial charge in [0.2, 0.25) is 12.1 Å². The average molecular weight is 576 g/mol. The van der Waals surface area contributed by atoms with Crippen molar-refractivity contribution in [3.63, 3.8) is 0 Å². The van der Waals surface area contributed by atoms with Gasteiger partial charge < -0.3 is 44.1 Å². The number of carbonyl (C=O) groups excluding carboxylic acids is 1. The van der Waals surface area contributed by atoms with Crippen LogP contribution in [0.4, 0.5) is 4.79 Å². The third-order valence-electron chi connectivity index (χ3n) is 10.1. The molecule has 4 N–H and O–H groups in total. The van der Waals surface area contributed by atoms with E-state index in [-0.39, 0.29) is 25.1 Å². The fourth-order valence-corrected chi connectivity index (χ4v) is 7.34. The number of aliphatic hydroxyl groups is 4. The number of amides is 1. The summed E-state index contributed by atoms with van der Waals surface area (Å²) in [6.45, 7) is 9.69. The van der Waals surface area contributed by atoms with Gasteiger partial charge in [-0.1, -0.05) is 27.7 Å². The molecule has 13 heteroatoms. The van der Waals surface area contributed by atoms with Gasteiger partial charge in [0.15, 0.2) is 18.2 Å². The van der Waals surface area contributed by atoms with E-state index < -0.39 is 72.8 Å². The van der Waals surface area contributed by atoms with Crippen LogP contribution in [0.5, 0.6) is 0 Å². The molecule has 13 atom stereocenters. The van der Waals surface area contributed by atoms with Crippen LogP contribution < -0.4 is 0 Å². The highest BCUT2D eigenvalue weighted by atomic mass is 17.3. The lowest BCUT2D eigenvalue weighted by Crippen LogP contribution is -2.74. The molecule has 5 saturated heterocycles. The Bertz CT molecular complexity index is 924. The van der Waals surface area contributed by atoms with Crippen molar-refractivity contribution in [2.24, 2.45) is 23.2 Å². The molecule has 7 unspecified atom stereocenters. The fraction of sp³-hybridized carbons (Fsp3) is 0.963. The number of carbonyl (C=O) groups is 1. The number of rotatable bonds is 7. The van der Waals surface area contributed by atoms with E-state index in [2.05, 4.69) is 20.8 Å². The van der Waals surface area contributed by atoms with E-state index >= 15 is 0 Å². The third-order valence-corrected chi connectivity index (χ3v) is 10.1. The van der Waals surface area contributed by atoms with Crippen molar-refractivity contribution >= 4 is 6.09 Å². The van der Waals surface area contributed by atoms with E-state index in [0.29, 0.717) is 18.8 Å². The molecular weight excluding hydrogens is 530 g/mol. The Kier molecular flexibility index (Phi) is 8.47. The van der Waals surface area contributed by atoms with Gasteiger partial charge in [-0.15, -0.1) is 0 Å². The molecule has 5 heterocycles. The maximum atomic E-state index is 13.1. The van der Waals surface area contributed by atoms with Crippen molar-refractivity contribution in [2.45, 2.75) is 121 Å². The van der Waals surface area contributed by atoms with Crippen LogP contribution in [0, 0.1) is 23.2 Å². The predicted molar refractivity (Wildman–Crippen MR) is 135 cm³/mol. The molecule has 1 saturated carbocycles. The van der Waals surface area contributed by atoms with Gasteiger partial charge in [0.05, 0.1) is 6.61 Å². The minimum Gasteiger partial charge on any atom is -0.416 e. The normalized spacial score (nSPS) is 50.1. The topological polar surface area (TPSA) is 166 Å². The Morgan fingerprint density at radius 2 is 1.75 bits per heavy atom. The first-order valence-electron chi connectivity index (χ1n) is 14.5. The molecule has 0 aromatic rings. The van der Waals surface area contributed by atoms with Crippen molar-refractivity contribution in [3.8, 4) is 0 Å². The summed E-state index contributed by atoms with van der Waals surface area (Å²) >= 11 is 0. The van der Waals surface area contributed by atoms with Crippen LogP contribution in [0.1, 0.15) is 66.7 Å². The summed E-state index contributed by atoms with van der Waals surface area (Å²) in [4.78, 5) is 26.6. The Morgan fingerprint density at radius 1 is 1.00 bits per heavy atom. The first-order chi connectivity index (χ1) is 18.9. The summed E-state index contributed by atoms with van der Waals surface area (Å²) in [6, 6.07) is 0. The molecule has 6 aliphatic rings. The second-order valence-corrected chi connectivity index (χ2v) is 12.6. The molecule has 13 nitrogen and oxygen atoms in total. The van der Waals surface area contributed by atoms with Crippen LogP contribution in [0.3, 0.4) is 0 Å². The van der Waals surface area contributed by atoms with E-state index in [4.69, 9.17) is 33.5 Å². The number of aliphatic hydroxyl groups excluding tert-OH is 4. The number of ether oxygens (including phenoxy) is 5. The van der Waals surface area contributed by atoms with Gasteiger partial charge in [-0.2, -0.15) is 0 Å². The summed E-state index contributed by atoms with van der Waals surface area (Å²) in [7, 11) is 0. The monoisotopic (exact) mass is 575 g/mol. The van der Waals surface area contributed by atoms with Crippen molar-refractivity contribution < 1.29 is 58.7 Å². The van der Waals surface area contributed by atoms with Gasteiger partial charge in [-0.3, -0.25) is 4.90 Å². The quantitative estimate of drug-likeness (QED) is 0.254. The molecule has 40 heavy (non-hydrogen) atoms. The maximum absolute atomic E-state index is 13.1. The zero-order chi connectivity index (χ0) is 29.0. The zero-order valence-electron chi connectivity index (χ0n) is 23.9. The molecule has 230 valence electrons. The molecule has 6 rings (SSSR count). The van der Waals surface area contributed by atoms with Crippen LogP contribution >= 0.6 is 0 Å². The molecular formula is C27H45NO12. The Hall–Kier alpha value is -1.13. The summed E-state index contributed by atoms with van der Waals surface area (Å²) < 4.78 is 29.8. The number of fused-ring (bicyclic) bond motifs is 2. The van der Waals surface area contributed by atoms with E-state index in [1.807, 2.05) is 13.8 Å². The lowest BCUT2D eigenvalue weighted by Gasteiger charge is -2.65. The van der Waals surface area contributed by atoms with Gasteiger partial charge >= 0.3 is 6.09 Å². The van der Waals surface area contributed by atoms with Gasteiger partial charge in [0.25, 0.3) is 0 Å². The Morgan fingerprint density at radius 3 is 2.45 bits per heavy atom. The first-order valence-corrected chi connectivity index (χ1v) is 14.5. The Labute approximate surface area is 234 Å². The molecule has 0 radical (unpaired) electrons. The minimum atomic E-state index is -1.70. The highest BCUT2D eigenvalue weighted by Crippen LogP contribution is 2.66. The largest absolute Gasteiger partial charge is 0.416 e. The lowest BCUT2D eigenvalue weighted by atomic mass is 9.50. The van der Waals surface area contributed by atoms with E-state index in [0.717, 1.165) is 19.3 Å². The Balaban J connectivity index is 1.30. The molecule has 1 aliphatic carbocycles. The minimum absolute atomic E-state index is 0.140. The summed E-state index contributed by atoms with van der Waals surface area (Å²) in [5.74, 6) is -0.469. The highest BCUT2D eigenvalue weighted by Gasteiger charge is 2.74. The van der Waals surface area contributed by atoms with Crippen molar-refractivity contribution in [2.75, 3.05) is 19.9 Å². The zero-order valence-corrected chi connectivity index (χ0v) is 23.9. The van der Waals surface area contributed by atoms with E-state index in [1.165, 1.54) is 4.90 Å². The molecule has 6 fully saturated rings. The van der Waals surface area contributed by atoms with Gasteiger partial charge in [-0.05, 0) is 44.4 Å². The maximum Gasteiger partial charge on any atom is 0.414 e. The smallest absolute Gasteiger partial charge is 0.414 e. The van der Waals surface area contributed by atoms with E-state index in [1.54, 1.807) is 0 Å². The highest BCUT2D eigenvalue weighted by molar-refractivity contribution is 5.67. The van der Waals surface area contributed by atoms with Crippen molar-refractivity contribution in [1.29, 1.82) is 0 Å². The summed E-state index contributed by atoms with van der Waals surface area (Å²) in [5.41, 5.74) is -1.18. The van der Waals surface area contributed by atoms with Crippen molar-refractivity contribution in [3.05, 3.63) is 0 Å². The molecule has 1 amide bonds. The first kappa shape index (κ1) is 30.3. The van der Waals surface area contributed by atoms with Crippen LogP contribution in [0.15, 0.2) is 0 Å².